The molecular weight excluding hydrogens is 260 g/mol. The van der Waals surface area contributed by atoms with Gasteiger partial charge >= 0.3 is 0 Å². The lowest BCUT2D eigenvalue weighted by Crippen LogP contribution is -2.47. The van der Waals surface area contributed by atoms with E-state index in [0.29, 0.717) is 0 Å². The predicted octanol–water partition coefficient (Wildman–Crippen LogP) is 3.96. The Morgan fingerprint density at radius 2 is 1.81 bits per heavy atom. The van der Waals surface area contributed by atoms with Crippen molar-refractivity contribution < 1.29 is 4.79 Å². The first-order chi connectivity index (χ1) is 10.0. The fraction of sp³-hybridized carbons (Fsp3) is 0.944. The molecule has 0 aromatic rings. The molecule has 0 saturated carbocycles. The minimum atomic E-state index is -0.271. The summed E-state index contributed by atoms with van der Waals surface area (Å²) in [4.78, 5) is 14.3. The number of unbranched alkanes of at least 4 members (excludes halogenated alkanes) is 2. The molecule has 1 heterocycles. The molecule has 1 unspecified atom stereocenters. The van der Waals surface area contributed by atoms with Crippen LogP contribution in [-0.2, 0) is 4.79 Å². The third-order valence-electron chi connectivity index (χ3n) is 4.76. The molecule has 1 aliphatic rings. The van der Waals surface area contributed by atoms with E-state index in [2.05, 4.69) is 20.8 Å². The molecule has 3 nitrogen and oxygen atoms in total. The number of nitrogens with zero attached hydrogens (tertiary/aromatic N) is 1. The van der Waals surface area contributed by atoms with Crippen LogP contribution in [0.2, 0.25) is 0 Å². The second-order valence-electron chi connectivity index (χ2n) is 7.20. The Morgan fingerprint density at radius 3 is 2.38 bits per heavy atom. The van der Waals surface area contributed by atoms with Gasteiger partial charge in [0.1, 0.15) is 0 Å². The molecule has 1 atom stereocenters. The zero-order valence-corrected chi connectivity index (χ0v) is 14.4. The summed E-state index contributed by atoms with van der Waals surface area (Å²) in [6, 6.07) is -0.271. The van der Waals surface area contributed by atoms with Crippen LogP contribution in [-0.4, -0.2) is 29.9 Å². The first-order valence-corrected chi connectivity index (χ1v) is 9.09. The van der Waals surface area contributed by atoms with E-state index in [9.17, 15) is 4.79 Å². The van der Waals surface area contributed by atoms with Crippen molar-refractivity contribution in [2.45, 2.75) is 84.6 Å². The van der Waals surface area contributed by atoms with Crippen molar-refractivity contribution in [1.82, 2.24) is 4.90 Å². The van der Waals surface area contributed by atoms with Crippen molar-refractivity contribution in [2.24, 2.45) is 17.6 Å². The van der Waals surface area contributed by atoms with Gasteiger partial charge < -0.3 is 10.6 Å². The van der Waals surface area contributed by atoms with Crippen LogP contribution >= 0.6 is 0 Å². The molecule has 1 amide bonds. The van der Waals surface area contributed by atoms with Gasteiger partial charge in [-0.3, -0.25) is 4.79 Å². The number of carbonyl (C=O) groups is 1. The van der Waals surface area contributed by atoms with Crippen LogP contribution in [0, 0.1) is 11.8 Å². The van der Waals surface area contributed by atoms with Crippen LogP contribution in [0.3, 0.4) is 0 Å². The van der Waals surface area contributed by atoms with E-state index in [1.165, 1.54) is 38.5 Å². The molecule has 0 aromatic carbocycles. The molecule has 0 spiro atoms. The van der Waals surface area contributed by atoms with E-state index in [0.717, 1.165) is 44.2 Å². The third kappa shape index (κ3) is 7.30. The number of hydrogen-bond acceptors (Lipinski definition) is 2. The van der Waals surface area contributed by atoms with Gasteiger partial charge in [0, 0.05) is 13.1 Å². The summed E-state index contributed by atoms with van der Waals surface area (Å²) in [5, 5.41) is 0. The van der Waals surface area contributed by atoms with Crippen molar-refractivity contribution in [3.63, 3.8) is 0 Å². The van der Waals surface area contributed by atoms with Gasteiger partial charge in [0.05, 0.1) is 6.04 Å². The summed E-state index contributed by atoms with van der Waals surface area (Å²) >= 11 is 0. The molecule has 3 heteroatoms. The number of rotatable bonds is 9. The number of hydrogen-bond donors (Lipinski definition) is 1. The SMILES string of the molecule is CCCCC(N)C(=O)N1CCC(CCCCC(C)C)CC1. The smallest absolute Gasteiger partial charge is 0.239 e. The van der Waals surface area contributed by atoms with Gasteiger partial charge in [-0.05, 0) is 31.1 Å². The van der Waals surface area contributed by atoms with E-state index in [1.54, 1.807) is 0 Å². The molecule has 0 aromatic heterocycles. The molecule has 0 aliphatic carbocycles. The van der Waals surface area contributed by atoms with Crippen LogP contribution in [0.5, 0.6) is 0 Å². The van der Waals surface area contributed by atoms with Crippen LogP contribution in [0.25, 0.3) is 0 Å². The maximum Gasteiger partial charge on any atom is 0.239 e. The quantitative estimate of drug-likeness (QED) is 0.655. The normalized spacial score (nSPS) is 18.2. The molecule has 1 saturated heterocycles. The van der Waals surface area contributed by atoms with Gasteiger partial charge in [0.2, 0.25) is 5.91 Å². The van der Waals surface area contributed by atoms with Crippen molar-refractivity contribution in [1.29, 1.82) is 0 Å². The zero-order chi connectivity index (χ0) is 15.7. The number of nitrogens with two attached hydrogens (primary N) is 1. The minimum Gasteiger partial charge on any atom is -0.341 e. The topological polar surface area (TPSA) is 46.3 Å². The van der Waals surface area contributed by atoms with Crippen molar-refractivity contribution >= 4 is 5.91 Å². The highest BCUT2D eigenvalue weighted by molar-refractivity contribution is 5.81. The molecule has 21 heavy (non-hydrogen) atoms. The third-order valence-corrected chi connectivity index (χ3v) is 4.76. The van der Waals surface area contributed by atoms with Gasteiger partial charge in [-0.25, -0.2) is 0 Å². The summed E-state index contributed by atoms with van der Waals surface area (Å²) in [5.41, 5.74) is 6.00. The van der Waals surface area contributed by atoms with E-state index < -0.39 is 0 Å². The Hall–Kier alpha value is -0.570. The average Bonchev–Trinajstić information content (AvgIpc) is 2.49. The maximum absolute atomic E-state index is 12.2. The predicted molar refractivity (Wildman–Crippen MR) is 90.1 cm³/mol. The highest BCUT2D eigenvalue weighted by Gasteiger charge is 2.25. The average molecular weight is 296 g/mol. The molecular formula is C18H36N2O. The molecule has 2 N–H and O–H groups in total. The fourth-order valence-electron chi connectivity index (χ4n) is 3.21. The lowest BCUT2D eigenvalue weighted by atomic mass is 9.90. The van der Waals surface area contributed by atoms with E-state index in [4.69, 9.17) is 5.73 Å². The van der Waals surface area contributed by atoms with Crippen LogP contribution < -0.4 is 5.73 Å². The van der Waals surface area contributed by atoms with Gasteiger partial charge in [-0.1, -0.05) is 59.3 Å². The molecule has 124 valence electrons. The Morgan fingerprint density at radius 1 is 1.14 bits per heavy atom. The van der Waals surface area contributed by atoms with Crippen LogP contribution in [0.4, 0.5) is 0 Å². The summed E-state index contributed by atoms with van der Waals surface area (Å²) in [5.74, 6) is 1.84. The molecule has 1 aliphatic heterocycles. The monoisotopic (exact) mass is 296 g/mol. The summed E-state index contributed by atoms with van der Waals surface area (Å²) in [6.45, 7) is 8.58. The maximum atomic E-state index is 12.2. The fourth-order valence-corrected chi connectivity index (χ4v) is 3.21. The minimum absolute atomic E-state index is 0.182. The first kappa shape index (κ1) is 18.5. The number of piperidine rings is 1. The molecule has 0 bridgehead atoms. The molecule has 0 radical (unpaired) electrons. The van der Waals surface area contributed by atoms with Crippen LogP contribution in [0.1, 0.15) is 78.6 Å². The molecule has 1 rings (SSSR count). The summed E-state index contributed by atoms with van der Waals surface area (Å²) < 4.78 is 0. The Balaban J connectivity index is 2.17. The van der Waals surface area contributed by atoms with Crippen molar-refractivity contribution in [3.8, 4) is 0 Å². The van der Waals surface area contributed by atoms with Gasteiger partial charge in [0.15, 0.2) is 0 Å². The standard InChI is InChI=1S/C18H36N2O/c1-4-5-10-17(19)18(21)20-13-11-16(12-14-20)9-7-6-8-15(2)3/h15-17H,4-14,19H2,1-3H3. The van der Waals surface area contributed by atoms with E-state index in [-0.39, 0.29) is 11.9 Å². The van der Waals surface area contributed by atoms with Crippen LogP contribution in [0.15, 0.2) is 0 Å². The van der Waals surface area contributed by atoms with Crippen molar-refractivity contribution in [3.05, 3.63) is 0 Å². The number of likely N-dealkylation sites (tertiary alicyclic amines) is 1. The lowest BCUT2D eigenvalue weighted by molar-refractivity contribution is -0.134. The molecule has 1 fully saturated rings. The number of carbonyl (C=O) groups excluding carboxylic acids is 1. The second-order valence-corrected chi connectivity index (χ2v) is 7.20. The lowest BCUT2D eigenvalue weighted by Gasteiger charge is -2.33. The largest absolute Gasteiger partial charge is 0.341 e. The second kappa shape index (κ2) is 10.2. The van der Waals surface area contributed by atoms with Gasteiger partial charge in [0.25, 0.3) is 0 Å². The Labute approximate surface area is 131 Å². The Bertz CT molecular complexity index is 283. The summed E-state index contributed by atoms with van der Waals surface area (Å²) in [7, 11) is 0. The van der Waals surface area contributed by atoms with E-state index in [1.807, 2.05) is 4.90 Å². The van der Waals surface area contributed by atoms with Gasteiger partial charge in [-0.15, -0.1) is 0 Å². The highest BCUT2D eigenvalue weighted by atomic mass is 16.2. The number of amides is 1. The van der Waals surface area contributed by atoms with Gasteiger partial charge in [-0.2, -0.15) is 0 Å². The van der Waals surface area contributed by atoms with E-state index >= 15 is 0 Å². The summed E-state index contributed by atoms with van der Waals surface area (Å²) in [6.07, 6.45) is 10.8. The van der Waals surface area contributed by atoms with Crippen molar-refractivity contribution in [2.75, 3.05) is 13.1 Å². The first-order valence-electron chi connectivity index (χ1n) is 9.09. The Kier molecular flexibility index (Phi) is 8.98. The highest BCUT2D eigenvalue weighted by Crippen LogP contribution is 2.24. The zero-order valence-electron chi connectivity index (χ0n) is 14.4.